The van der Waals surface area contributed by atoms with E-state index in [4.69, 9.17) is 22.0 Å². The average Bonchev–Trinajstić information content (AvgIpc) is 2.30. The number of nitrogens with one attached hydrogen (secondary N) is 1. The number of carboxylic acid groups (broad SMARTS) is 1. The van der Waals surface area contributed by atoms with Gasteiger partial charge in [0.15, 0.2) is 0 Å². The smallest absolute Gasteiger partial charge is 0.404 e. The van der Waals surface area contributed by atoms with E-state index in [2.05, 4.69) is 16.4 Å². The first kappa shape index (κ1) is 14.3. The quantitative estimate of drug-likeness (QED) is 0.857. The fourth-order valence-corrected chi connectivity index (χ4v) is 1.78. The van der Waals surface area contributed by atoms with E-state index in [9.17, 15) is 4.79 Å². The summed E-state index contributed by atoms with van der Waals surface area (Å²) in [5.74, 6) is 0.104. The Labute approximate surface area is 110 Å². The molecule has 0 aliphatic carbocycles. The van der Waals surface area contributed by atoms with Gasteiger partial charge in [0.25, 0.3) is 0 Å². The van der Waals surface area contributed by atoms with Crippen LogP contribution < -0.4 is 5.32 Å². The molecule has 96 valence electrons. The number of nitrogens with zero attached hydrogens (tertiary/aromatic N) is 2. The van der Waals surface area contributed by atoms with Crippen molar-refractivity contribution in [2.45, 2.75) is 19.8 Å². The van der Waals surface area contributed by atoms with Gasteiger partial charge in [-0.05, 0) is 24.0 Å². The van der Waals surface area contributed by atoms with Gasteiger partial charge in [-0.15, -0.1) is 0 Å². The molecule has 0 aliphatic rings. The van der Waals surface area contributed by atoms with Crippen molar-refractivity contribution >= 4 is 17.7 Å². The maximum Gasteiger partial charge on any atom is 0.404 e. The van der Waals surface area contributed by atoms with Crippen molar-refractivity contribution in [1.29, 1.82) is 5.26 Å². The maximum atomic E-state index is 10.4. The van der Waals surface area contributed by atoms with E-state index in [0.29, 0.717) is 18.0 Å². The topological polar surface area (TPSA) is 86.0 Å². The highest BCUT2D eigenvalue weighted by molar-refractivity contribution is 6.30. The van der Waals surface area contributed by atoms with Gasteiger partial charge in [-0.1, -0.05) is 18.5 Å². The minimum Gasteiger partial charge on any atom is -0.465 e. The number of aromatic nitrogens is 1. The Morgan fingerprint density at radius 3 is 3.06 bits per heavy atom. The SMILES string of the molecule is C[C@H](CNC(=O)O)Cc1ncc(Cl)cc1CC#N. The molecule has 0 aromatic carbocycles. The summed E-state index contributed by atoms with van der Waals surface area (Å²) in [6.07, 6.45) is 1.36. The van der Waals surface area contributed by atoms with Gasteiger partial charge < -0.3 is 10.4 Å². The molecule has 0 aliphatic heterocycles. The molecule has 0 spiro atoms. The summed E-state index contributed by atoms with van der Waals surface area (Å²) in [4.78, 5) is 14.6. The first-order chi connectivity index (χ1) is 8.52. The molecule has 6 heteroatoms. The molecule has 0 saturated heterocycles. The molecule has 18 heavy (non-hydrogen) atoms. The first-order valence-corrected chi connectivity index (χ1v) is 5.87. The summed E-state index contributed by atoms with van der Waals surface area (Å²) in [6.45, 7) is 2.27. The molecule has 0 fully saturated rings. The maximum absolute atomic E-state index is 10.4. The average molecular weight is 268 g/mol. The molecule has 1 aromatic rings. The Bertz CT molecular complexity index is 471. The van der Waals surface area contributed by atoms with Gasteiger partial charge in [-0.25, -0.2) is 4.79 Å². The van der Waals surface area contributed by atoms with Gasteiger partial charge in [-0.2, -0.15) is 5.26 Å². The number of nitriles is 1. The Morgan fingerprint density at radius 2 is 2.44 bits per heavy atom. The normalized spacial score (nSPS) is 11.6. The fourth-order valence-electron chi connectivity index (χ4n) is 1.60. The summed E-state index contributed by atoms with van der Waals surface area (Å²) < 4.78 is 0. The zero-order valence-electron chi connectivity index (χ0n) is 9.98. The molecule has 5 nitrogen and oxygen atoms in total. The summed E-state index contributed by atoms with van der Waals surface area (Å²) in [7, 11) is 0. The lowest BCUT2D eigenvalue weighted by Gasteiger charge is -2.13. The van der Waals surface area contributed by atoms with E-state index in [1.54, 1.807) is 6.07 Å². The molecule has 2 N–H and O–H groups in total. The van der Waals surface area contributed by atoms with E-state index in [1.165, 1.54) is 6.20 Å². The Balaban J connectivity index is 2.71. The van der Waals surface area contributed by atoms with Crippen molar-refractivity contribution in [3.63, 3.8) is 0 Å². The van der Waals surface area contributed by atoms with Gasteiger partial charge >= 0.3 is 6.09 Å². The standard InChI is InChI=1S/C12H14ClN3O2/c1-8(6-16-12(17)18)4-11-9(2-3-14)5-10(13)7-15-11/h5,7-8,16H,2,4,6H2,1H3,(H,17,18)/t8-/m0/s1. The lowest BCUT2D eigenvalue weighted by atomic mass is 10.0. The minimum atomic E-state index is -1.04. The van der Waals surface area contributed by atoms with Crippen LogP contribution in [-0.4, -0.2) is 22.7 Å². The van der Waals surface area contributed by atoms with Crippen LogP contribution in [0.2, 0.25) is 5.02 Å². The summed E-state index contributed by atoms with van der Waals surface area (Å²) >= 11 is 5.83. The first-order valence-electron chi connectivity index (χ1n) is 5.50. The third-order valence-corrected chi connectivity index (χ3v) is 2.65. The van der Waals surface area contributed by atoms with Crippen LogP contribution in [0.25, 0.3) is 0 Å². The molecule has 1 rings (SSSR count). The number of amides is 1. The van der Waals surface area contributed by atoms with Gasteiger partial charge in [0.05, 0.1) is 17.5 Å². The second-order valence-electron chi connectivity index (χ2n) is 4.09. The fraction of sp³-hybridized carbons (Fsp3) is 0.417. The number of hydrogen-bond acceptors (Lipinski definition) is 3. The highest BCUT2D eigenvalue weighted by Gasteiger charge is 2.10. The lowest BCUT2D eigenvalue weighted by Crippen LogP contribution is -2.27. The molecule has 1 amide bonds. The molecule has 1 atom stereocenters. The lowest BCUT2D eigenvalue weighted by molar-refractivity contribution is 0.192. The summed E-state index contributed by atoms with van der Waals surface area (Å²) in [6, 6.07) is 3.79. The minimum absolute atomic E-state index is 0.104. The number of carbonyl (C=O) groups is 1. The molecule has 0 radical (unpaired) electrons. The van der Waals surface area contributed by atoms with Crippen molar-refractivity contribution in [1.82, 2.24) is 10.3 Å². The predicted molar refractivity (Wildman–Crippen MR) is 67.5 cm³/mol. The van der Waals surface area contributed by atoms with E-state index < -0.39 is 6.09 Å². The second-order valence-corrected chi connectivity index (χ2v) is 4.53. The van der Waals surface area contributed by atoms with Crippen molar-refractivity contribution in [2.24, 2.45) is 5.92 Å². The van der Waals surface area contributed by atoms with Crippen molar-refractivity contribution in [3.05, 3.63) is 28.5 Å². The molecule has 1 aromatic heterocycles. The third kappa shape index (κ3) is 4.60. The van der Waals surface area contributed by atoms with Crippen molar-refractivity contribution in [3.8, 4) is 6.07 Å². The summed E-state index contributed by atoms with van der Waals surface area (Å²) in [5, 5.41) is 20.1. The predicted octanol–water partition coefficient (Wildman–Crippen LogP) is 2.25. The van der Waals surface area contributed by atoms with Crippen LogP contribution in [0.15, 0.2) is 12.3 Å². The van der Waals surface area contributed by atoms with Crippen LogP contribution in [0.4, 0.5) is 4.79 Å². The molecular weight excluding hydrogens is 254 g/mol. The Kier molecular flexibility index (Phi) is 5.40. The molecule has 0 unspecified atom stereocenters. The molecule has 1 heterocycles. The molecular formula is C12H14ClN3O2. The van der Waals surface area contributed by atoms with Gasteiger partial charge in [-0.3, -0.25) is 4.98 Å². The van der Waals surface area contributed by atoms with Crippen LogP contribution in [0.1, 0.15) is 18.2 Å². The van der Waals surface area contributed by atoms with Gasteiger partial charge in [0, 0.05) is 18.4 Å². The van der Waals surface area contributed by atoms with Crippen molar-refractivity contribution < 1.29 is 9.90 Å². The number of hydrogen-bond donors (Lipinski definition) is 2. The van der Waals surface area contributed by atoms with Crippen LogP contribution >= 0.6 is 11.6 Å². The number of halogens is 1. The van der Waals surface area contributed by atoms with E-state index in [0.717, 1.165) is 11.3 Å². The second kappa shape index (κ2) is 6.82. The van der Waals surface area contributed by atoms with Crippen molar-refractivity contribution in [2.75, 3.05) is 6.54 Å². The monoisotopic (exact) mass is 267 g/mol. The third-order valence-electron chi connectivity index (χ3n) is 2.44. The van der Waals surface area contributed by atoms with E-state index in [-0.39, 0.29) is 12.3 Å². The van der Waals surface area contributed by atoms with Crippen LogP contribution in [-0.2, 0) is 12.8 Å². The van der Waals surface area contributed by atoms with Crippen LogP contribution in [0, 0.1) is 17.2 Å². The van der Waals surface area contributed by atoms with Crippen LogP contribution in [0.5, 0.6) is 0 Å². The largest absolute Gasteiger partial charge is 0.465 e. The number of rotatable bonds is 5. The summed E-state index contributed by atoms with van der Waals surface area (Å²) in [5.41, 5.74) is 1.59. The van der Waals surface area contributed by atoms with Crippen LogP contribution in [0.3, 0.4) is 0 Å². The molecule has 0 bridgehead atoms. The highest BCUT2D eigenvalue weighted by Crippen LogP contribution is 2.16. The zero-order chi connectivity index (χ0) is 13.5. The Morgan fingerprint density at radius 1 is 1.72 bits per heavy atom. The zero-order valence-corrected chi connectivity index (χ0v) is 10.7. The highest BCUT2D eigenvalue weighted by atomic mass is 35.5. The van der Waals surface area contributed by atoms with Gasteiger partial charge in [0.2, 0.25) is 0 Å². The molecule has 0 saturated carbocycles. The Hall–Kier alpha value is -1.80. The van der Waals surface area contributed by atoms with E-state index in [1.807, 2.05) is 6.92 Å². The number of pyridine rings is 1. The van der Waals surface area contributed by atoms with E-state index >= 15 is 0 Å². The van der Waals surface area contributed by atoms with Gasteiger partial charge in [0.1, 0.15) is 0 Å².